The summed E-state index contributed by atoms with van der Waals surface area (Å²) in [5.74, 6) is -0.265. The first-order valence-electron chi connectivity index (χ1n) is 9.43. The summed E-state index contributed by atoms with van der Waals surface area (Å²) in [5, 5.41) is 12.9. The van der Waals surface area contributed by atoms with E-state index in [-0.39, 0.29) is 5.91 Å². The maximum atomic E-state index is 12.5. The molecule has 5 nitrogen and oxygen atoms in total. The van der Waals surface area contributed by atoms with Gasteiger partial charge in [0.15, 0.2) is 5.11 Å². The van der Waals surface area contributed by atoms with Crippen molar-refractivity contribution in [3.8, 4) is 10.6 Å². The lowest BCUT2D eigenvalue weighted by atomic mass is 10.2. The Morgan fingerprint density at radius 3 is 2.06 bits per heavy atom. The number of carbonyl (C=O) groups excluding carboxylic acids is 1. The smallest absolute Gasteiger partial charge is 0.275 e. The molecule has 0 saturated heterocycles. The molecule has 9 heteroatoms. The third-order valence-corrected chi connectivity index (χ3v) is 5.81. The van der Waals surface area contributed by atoms with E-state index in [2.05, 4.69) is 20.9 Å². The summed E-state index contributed by atoms with van der Waals surface area (Å²) in [7, 11) is 0. The van der Waals surface area contributed by atoms with E-state index in [0.717, 1.165) is 16.3 Å². The quantitative estimate of drug-likeness (QED) is 0.254. The van der Waals surface area contributed by atoms with Crippen LogP contribution in [-0.2, 0) is 0 Å². The molecule has 0 bridgehead atoms. The molecule has 1 amide bonds. The van der Waals surface area contributed by atoms with Crippen LogP contribution in [0, 0.1) is 0 Å². The fourth-order valence-corrected chi connectivity index (χ4v) is 4.41. The molecule has 4 aromatic rings. The number of carbonyl (C=O) groups is 1. The van der Waals surface area contributed by atoms with E-state index in [0.29, 0.717) is 32.2 Å². The van der Waals surface area contributed by atoms with Gasteiger partial charge in [-0.05, 0) is 54.7 Å². The van der Waals surface area contributed by atoms with Gasteiger partial charge >= 0.3 is 0 Å². The summed E-state index contributed by atoms with van der Waals surface area (Å²) in [5.41, 5.74) is 3.45. The van der Waals surface area contributed by atoms with Crippen LogP contribution in [0.25, 0.3) is 10.6 Å². The second-order valence-corrected chi connectivity index (χ2v) is 8.81. The number of rotatable bonds is 5. The first kappa shape index (κ1) is 22.2. The van der Waals surface area contributed by atoms with Crippen LogP contribution >= 0.6 is 46.8 Å². The van der Waals surface area contributed by atoms with Crippen LogP contribution in [0.1, 0.15) is 10.5 Å². The van der Waals surface area contributed by atoms with Crippen molar-refractivity contribution >= 4 is 74.8 Å². The Morgan fingerprint density at radius 2 is 1.41 bits per heavy atom. The van der Waals surface area contributed by atoms with Gasteiger partial charge in [-0.25, -0.2) is 4.98 Å². The lowest BCUT2D eigenvalue weighted by Crippen LogP contribution is -2.19. The third kappa shape index (κ3) is 5.83. The van der Waals surface area contributed by atoms with Crippen LogP contribution < -0.4 is 16.0 Å². The van der Waals surface area contributed by atoms with Crippen LogP contribution in [0.15, 0.2) is 78.2 Å². The van der Waals surface area contributed by atoms with Gasteiger partial charge in [0.2, 0.25) is 0 Å². The Kier molecular flexibility index (Phi) is 7.02. The standard InChI is InChI=1S/C23H16Cl2N4OS2/c24-15-10-16(25)12-19(11-15)28-23(31)27-18-8-6-17(7-9-18)26-21(30)20-13-32-22(29-20)14-4-2-1-3-5-14/h1-13H,(H,26,30)(H2,27,28,31). The maximum absolute atomic E-state index is 12.5. The van der Waals surface area contributed by atoms with Crippen molar-refractivity contribution in [3.63, 3.8) is 0 Å². The molecule has 0 saturated carbocycles. The van der Waals surface area contributed by atoms with E-state index < -0.39 is 0 Å². The zero-order valence-electron chi connectivity index (χ0n) is 16.4. The average molecular weight is 499 g/mol. The fraction of sp³-hybridized carbons (Fsp3) is 0. The minimum absolute atomic E-state index is 0.265. The van der Waals surface area contributed by atoms with Crippen molar-refractivity contribution in [2.75, 3.05) is 16.0 Å². The zero-order valence-corrected chi connectivity index (χ0v) is 19.6. The number of hydrogen-bond acceptors (Lipinski definition) is 4. The normalized spacial score (nSPS) is 10.4. The van der Waals surface area contributed by atoms with Crippen molar-refractivity contribution in [2.24, 2.45) is 0 Å². The first-order chi connectivity index (χ1) is 15.5. The van der Waals surface area contributed by atoms with Gasteiger partial charge in [0, 0.05) is 38.1 Å². The minimum Gasteiger partial charge on any atom is -0.332 e. The highest BCUT2D eigenvalue weighted by molar-refractivity contribution is 7.80. The molecule has 0 spiro atoms. The van der Waals surface area contributed by atoms with Crippen LogP contribution in [0.4, 0.5) is 17.1 Å². The number of nitrogens with zero attached hydrogens (tertiary/aromatic N) is 1. The average Bonchev–Trinajstić information content (AvgIpc) is 3.25. The summed E-state index contributed by atoms with van der Waals surface area (Å²) >= 11 is 18.8. The maximum Gasteiger partial charge on any atom is 0.275 e. The van der Waals surface area contributed by atoms with Gasteiger partial charge in [-0.15, -0.1) is 11.3 Å². The SMILES string of the molecule is O=C(Nc1ccc(NC(=S)Nc2cc(Cl)cc(Cl)c2)cc1)c1csc(-c2ccccc2)n1. The van der Waals surface area contributed by atoms with Crippen molar-refractivity contribution in [3.05, 3.63) is 93.9 Å². The second-order valence-electron chi connectivity index (χ2n) is 6.67. The van der Waals surface area contributed by atoms with Crippen LogP contribution in [-0.4, -0.2) is 16.0 Å². The van der Waals surface area contributed by atoms with Crippen molar-refractivity contribution in [1.29, 1.82) is 0 Å². The molecule has 160 valence electrons. The van der Waals surface area contributed by atoms with E-state index in [9.17, 15) is 4.79 Å². The molecule has 0 atom stereocenters. The van der Waals surface area contributed by atoms with Crippen LogP contribution in [0.3, 0.4) is 0 Å². The molecule has 3 aromatic carbocycles. The van der Waals surface area contributed by atoms with Crippen LogP contribution in [0.2, 0.25) is 10.0 Å². The molecule has 32 heavy (non-hydrogen) atoms. The van der Waals surface area contributed by atoms with Crippen LogP contribution in [0.5, 0.6) is 0 Å². The Hall–Kier alpha value is -2.97. The number of nitrogens with one attached hydrogen (secondary N) is 3. The zero-order chi connectivity index (χ0) is 22.5. The number of amides is 1. The first-order valence-corrected chi connectivity index (χ1v) is 11.5. The van der Waals surface area contributed by atoms with Crippen molar-refractivity contribution < 1.29 is 4.79 Å². The fourth-order valence-electron chi connectivity index (χ4n) is 2.84. The molecule has 4 rings (SSSR count). The molecule has 0 aliphatic rings. The number of thiazole rings is 1. The molecular formula is C23H16Cl2N4OS2. The molecule has 1 heterocycles. The molecule has 3 N–H and O–H groups in total. The van der Waals surface area contributed by atoms with E-state index >= 15 is 0 Å². The lowest BCUT2D eigenvalue weighted by molar-refractivity contribution is 0.102. The molecular weight excluding hydrogens is 483 g/mol. The van der Waals surface area contributed by atoms with Gasteiger partial charge in [0.05, 0.1) is 0 Å². The highest BCUT2D eigenvalue weighted by Crippen LogP contribution is 2.25. The molecule has 0 aliphatic heterocycles. The monoisotopic (exact) mass is 498 g/mol. The summed E-state index contributed by atoms with van der Waals surface area (Å²) in [6.07, 6.45) is 0. The summed E-state index contributed by atoms with van der Waals surface area (Å²) in [6.45, 7) is 0. The second kappa shape index (κ2) is 10.1. The summed E-state index contributed by atoms with van der Waals surface area (Å²) in [6, 6.07) is 22.0. The van der Waals surface area contributed by atoms with E-state index in [1.165, 1.54) is 11.3 Å². The van der Waals surface area contributed by atoms with Gasteiger partial charge in [-0.1, -0.05) is 53.5 Å². The molecule has 0 fully saturated rings. The number of aromatic nitrogens is 1. The lowest BCUT2D eigenvalue weighted by Gasteiger charge is -2.12. The Balaban J connectivity index is 1.35. The van der Waals surface area contributed by atoms with Gasteiger partial charge in [-0.2, -0.15) is 0 Å². The molecule has 0 aliphatic carbocycles. The molecule has 1 aromatic heterocycles. The summed E-state index contributed by atoms with van der Waals surface area (Å²) < 4.78 is 0. The van der Waals surface area contributed by atoms with Crippen molar-refractivity contribution in [1.82, 2.24) is 4.98 Å². The summed E-state index contributed by atoms with van der Waals surface area (Å²) in [4.78, 5) is 17.0. The van der Waals surface area contributed by atoms with Crippen molar-refractivity contribution in [2.45, 2.75) is 0 Å². The Morgan fingerprint density at radius 1 is 0.812 bits per heavy atom. The number of halogens is 2. The minimum atomic E-state index is -0.265. The number of hydrogen-bond donors (Lipinski definition) is 3. The Labute approximate surface area is 204 Å². The largest absolute Gasteiger partial charge is 0.332 e. The Bertz CT molecular complexity index is 1240. The highest BCUT2D eigenvalue weighted by atomic mass is 35.5. The van der Waals surface area contributed by atoms with Gasteiger partial charge in [-0.3, -0.25) is 4.79 Å². The predicted octanol–water partition coefficient (Wildman–Crippen LogP) is 7.18. The number of thiocarbonyl (C=S) groups is 1. The third-order valence-electron chi connectivity index (χ3n) is 4.28. The molecule has 0 radical (unpaired) electrons. The van der Waals surface area contributed by atoms with Gasteiger partial charge in [0.25, 0.3) is 5.91 Å². The number of benzene rings is 3. The molecule has 0 unspecified atom stereocenters. The number of anilines is 3. The van der Waals surface area contributed by atoms with E-state index in [4.69, 9.17) is 35.4 Å². The van der Waals surface area contributed by atoms with Gasteiger partial charge < -0.3 is 16.0 Å². The van der Waals surface area contributed by atoms with E-state index in [1.54, 1.807) is 35.7 Å². The predicted molar refractivity (Wildman–Crippen MR) is 138 cm³/mol. The van der Waals surface area contributed by atoms with E-state index in [1.807, 2.05) is 42.5 Å². The highest BCUT2D eigenvalue weighted by Gasteiger charge is 2.12. The topological polar surface area (TPSA) is 66.1 Å². The van der Waals surface area contributed by atoms with Gasteiger partial charge in [0.1, 0.15) is 10.7 Å².